The van der Waals surface area contributed by atoms with Crippen molar-refractivity contribution in [1.29, 1.82) is 0 Å². The van der Waals surface area contributed by atoms with Gasteiger partial charge in [0, 0.05) is 34.4 Å². The third-order valence-corrected chi connectivity index (χ3v) is 6.40. The maximum absolute atomic E-state index is 12.4. The van der Waals surface area contributed by atoms with Crippen LogP contribution in [0.15, 0.2) is 53.4 Å². The van der Waals surface area contributed by atoms with Gasteiger partial charge in [0.15, 0.2) is 0 Å². The number of hydrogen-bond acceptors (Lipinski definition) is 5. The fraction of sp³-hybridized carbons (Fsp3) is 0.333. The summed E-state index contributed by atoms with van der Waals surface area (Å²) >= 11 is 7.69. The smallest absolute Gasteiger partial charge is 0.313 e. The average Bonchev–Trinajstić information content (AvgIpc) is 2.73. The zero-order valence-electron chi connectivity index (χ0n) is 16.1. The minimum Gasteiger partial charge on any atom is -0.495 e. The molecule has 2 N–H and O–H groups in total. The number of anilines is 1. The molecule has 1 fully saturated rings. The highest BCUT2D eigenvalue weighted by Crippen LogP contribution is 2.40. The Kier molecular flexibility index (Phi) is 7.41. The van der Waals surface area contributed by atoms with Crippen LogP contribution in [0.1, 0.15) is 12.8 Å². The van der Waals surface area contributed by atoms with E-state index in [4.69, 9.17) is 21.1 Å². The number of thioether (sulfide) groups is 1. The number of rotatable bonds is 6. The van der Waals surface area contributed by atoms with E-state index in [-0.39, 0.29) is 4.75 Å². The summed E-state index contributed by atoms with van der Waals surface area (Å²) in [6.45, 7) is 1.62. The van der Waals surface area contributed by atoms with E-state index in [1.165, 1.54) is 13.2 Å². The highest BCUT2D eigenvalue weighted by molar-refractivity contribution is 8.00. The van der Waals surface area contributed by atoms with Gasteiger partial charge in [-0.3, -0.25) is 9.59 Å². The second kappa shape index (κ2) is 10.0. The van der Waals surface area contributed by atoms with E-state index in [9.17, 15) is 9.59 Å². The molecule has 0 spiro atoms. The molecule has 6 nitrogen and oxygen atoms in total. The number of ether oxygens (including phenoxy) is 2. The predicted octanol–water partition coefficient (Wildman–Crippen LogP) is 3.74. The third-order valence-electron chi connectivity index (χ3n) is 4.67. The largest absolute Gasteiger partial charge is 0.495 e. The summed E-state index contributed by atoms with van der Waals surface area (Å²) in [7, 11) is 1.48. The Hall–Kier alpha value is -2.22. The number of nitrogens with one attached hydrogen (secondary N) is 2. The summed E-state index contributed by atoms with van der Waals surface area (Å²) in [5, 5.41) is 5.78. The van der Waals surface area contributed by atoms with E-state index < -0.39 is 11.8 Å². The van der Waals surface area contributed by atoms with Crippen molar-refractivity contribution in [3.8, 4) is 5.75 Å². The minimum absolute atomic E-state index is 0.219. The maximum Gasteiger partial charge on any atom is 0.313 e. The SMILES string of the molecule is COc1ccc(Cl)cc1NC(=O)C(=O)NCC1(Sc2ccccc2)CCOCC1. The molecule has 2 aromatic carbocycles. The molecule has 0 unspecified atom stereocenters. The number of methoxy groups -OCH3 is 1. The Morgan fingerprint density at radius 3 is 2.55 bits per heavy atom. The molecule has 0 bridgehead atoms. The van der Waals surface area contributed by atoms with Crippen molar-refractivity contribution in [3.63, 3.8) is 0 Å². The number of carbonyl (C=O) groups excluding carboxylic acids is 2. The third kappa shape index (κ3) is 5.88. The Bertz CT molecular complexity index is 857. The van der Waals surface area contributed by atoms with Gasteiger partial charge in [-0.1, -0.05) is 29.8 Å². The summed E-state index contributed by atoms with van der Waals surface area (Å²) < 4.78 is 10.5. The highest BCUT2D eigenvalue weighted by atomic mass is 35.5. The molecule has 29 heavy (non-hydrogen) atoms. The van der Waals surface area contributed by atoms with E-state index in [0.29, 0.717) is 36.2 Å². The van der Waals surface area contributed by atoms with Crippen LogP contribution in [0, 0.1) is 0 Å². The number of carbonyl (C=O) groups is 2. The maximum atomic E-state index is 12.4. The van der Waals surface area contributed by atoms with Crippen molar-refractivity contribution in [2.24, 2.45) is 0 Å². The van der Waals surface area contributed by atoms with Gasteiger partial charge < -0.3 is 20.1 Å². The first kappa shape index (κ1) is 21.5. The standard InChI is InChI=1S/C21H23ClN2O4S/c1-27-18-8-7-15(22)13-17(18)24-20(26)19(25)23-14-21(9-11-28-12-10-21)29-16-5-3-2-4-6-16/h2-8,13H,9-12,14H2,1H3,(H,23,25)(H,24,26). The molecule has 2 aromatic rings. The molecule has 3 rings (SSSR count). The summed E-state index contributed by atoms with van der Waals surface area (Å²) in [4.78, 5) is 25.9. The Morgan fingerprint density at radius 1 is 1.14 bits per heavy atom. The lowest BCUT2D eigenvalue weighted by Crippen LogP contribution is -2.47. The van der Waals surface area contributed by atoms with Crippen LogP contribution < -0.4 is 15.4 Å². The first-order valence-electron chi connectivity index (χ1n) is 9.26. The van der Waals surface area contributed by atoms with Crippen molar-refractivity contribution in [1.82, 2.24) is 5.32 Å². The normalized spacial score (nSPS) is 15.4. The summed E-state index contributed by atoms with van der Waals surface area (Å²) in [5.74, 6) is -1.04. The lowest BCUT2D eigenvalue weighted by molar-refractivity contribution is -0.136. The van der Waals surface area contributed by atoms with Gasteiger partial charge in [-0.15, -0.1) is 11.8 Å². The molecule has 1 heterocycles. The van der Waals surface area contributed by atoms with Crippen LogP contribution in [0.2, 0.25) is 5.02 Å². The molecule has 1 aliphatic heterocycles. The minimum atomic E-state index is -0.766. The molecule has 0 aromatic heterocycles. The first-order valence-corrected chi connectivity index (χ1v) is 10.5. The van der Waals surface area contributed by atoms with Gasteiger partial charge in [0.2, 0.25) is 0 Å². The van der Waals surface area contributed by atoms with Crippen LogP contribution in [0.4, 0.5) is 5.69 Å². The molecular weight excluding hydrogens is 412 g/mol. The molecule has 2 amide bonds. The zero-order chi connectivity index (χ0) is 20.7. The highest BCUT2D eigenvalue weighted by Gasteiger charge is 2.35. The Labute approximate surface area is 179 Å². The van der Waals surface area contributed by atoms with E-state index in [1.54, 1.807) is 23.9 Å². The van der Waals surface area contributed by atoms with E-state index in [2.05, 4.69) is 10.6 Å². The van der Waals surface area contributed by atoms with Crippen LogP contribution >= 0.6 is 23.4 Å². The van der Waals surface area contributed by atoms with Gasteiger partial charge >= 0.3 is 11.8 Å². The van der Waals surface area contributed by atoms with Gasteiger partial charge in [-0.05, 0) is 43.2 Å². The monoisotopic (exact) mass is 434 g/mol. The molecular formula is C21H23ClN2O4S. The number of hydrogen-bond donors (Lipinski definition) is 2. The summed E-state index contributed by atoms with van der Waals surface area (Å²) in [6.07, 6.45) is 1.58. The fourth-order valence-corrected chi connectivity index (χ4v) is 4.56. The van der Waals surface area contributed by atoms with Crippen LogP contribution in [0.3, 0.4) is 0 Å². The number of amides is 2. The second-order valence-electron chi connectivity index (χ2n) is 6.69. The number of benzene rings is 2. The molecule has 8 heteroatoms. The van der Waals surface area contributed by atoms with E-state index >= 15 is 0 Å². The molecule has 1 aliphatic rings. The molecule has 0 saturated carbocycles. The van der Waals surface area contributed by atoms with Crippen molar-refractivity contribution in [2.45, 2.75) is 22.5 Å². The Morgan fingerprint density at radius 2 is 1.86 bits per heavy atom. The first-order chi connectivity index (χ1) is 14.0. The number of halogens is 1. The average molecular weight is 435 g/mol. The van der Waals surface area contributed by atoms with E-state index in [0.717, 1.165) is 17.7 Å². The van der Waals surface area contributed by atoms with Crippen molar-refractivity contribution >= 4 is 40.9 Å². The van der Waals surface area contributed by atoms with Crippen molar-refractivity contribution < 1.29 is 19.1 Å². The van der Waals surface area contributed by atoms with Gasteiger partial charge in [0.1, 0.15) is 5.75 Å². The fourth-order valence-electron chi connectivity index (χ4n) is 3.08. The van der Waals surface area contributed by atoms with Crippen LogP contribution in [-0.4, -0.2) is 43.4 Å². The van der Waals surface area contributed by atoms with Gasteiger partial charge in [-0.2, -0.15) is 0 Å². The van der Waals surface area contributed by atoms with Gasteiger partial charge in [0.25, 0.3) is 0 Å². The lowest BCUT2D eigenvalue weighted by Gasteiger charge is -2.36. The van der Waals surface area contributed by atoms with Crippen molar-refractivity contribution in [3.05, 3.63) is 53.6 Å². The quantitative estimate of drug-likeness (QED) is 0.677. The summed E-state index contributed by atoms with van der Waals surface area (Å²) in [5.41, 5.74) is 0.347. The van der Waals surface area contributed by atoms with E-state index in [1.807, 2.05) is 30.3 Å². The second-order valence-corrected chi connectivity index (χ2v) is 8.67. The van der Waals surface area contributed by atoms with Crippen LogP contribution in [-0.2, 0) is 14.3 Å². The summed E-state index contributed by atoms with van der Waals surface area (Å²) in [6, 6.07) is 14.8. The zero-order valence-corrected chi connectivity index (χ0v) is 17.6. The van der Waals surface area contributed by atoms with Crippen LogP contribution in [0.5, 0.6) is 5.75 Å². The molecule has 154 valence electrons. The Balaban J connectivity index is 1.64. The topological polar surface area (TPSA) is 76.7 Å². The predicted molar refractivity (Wildman–Crippen MR) is 115 cm³/mol. The van der Waals surface area contributed by atoms with Gasteiger partial charge in [0.05, 0.1) is 12.8 Å². The van der Waals surface area contributed by atoms with Gasteiger partial charge in [-0.25, -0.2) is 0 Å². The lowest BCUT2D eigenvalue weighted by atomic mass is 9.99. The molecule has 0 atom stereocenters. The van der Waals surface area contributed by atoms with Crippen LogP contribution in [0.25, 0.3) is 0 Å². The molecule has 1 saturated heterocycles. The molecule has 0 aliphatic carbocycles. The van der Waals surface area contributed by atoms with Crippen molar-refractivity contribution in [2.75, 3.05) is 32.2 Å². The molecule has 0 radical (unpaired) electrons.